The molecule has 0 saturated carbocycles. The number of hydrogen-bond acceptors (Lipinski definition) is 4. The highest BCUT2D eigenvalue weighted by atomic mass is 127. The summed E-state index contributed by atoms with van der Waals surface area (Å²) >= 11 is 2.31. The molecule has 0 aliphatic heterocycles. The van der Waals surface area contributed by atoms with Crippen molar-refractivity contribution in [3.63, 3.8) is 0 Å². The van der Waals surface area contributed by atoms with Crippen LogP contribution in [-0.4, -0.2) is 18.2 Å². The van der Waals surface area contributed by atoms with Gasteiger partial charge in [-0.2, -0.15) is 0 Å². The zero-order chi connectivity index (χ0) is 22.6. The molecular weight excluding hydrogens is 518 g/mol. The smallest absolute Gasteiger partial charge is 0.207 e. The van der Waals surface area contributed by atoms with Gasteiger partial charge in [0.1, 0.15) is 11.5 Å². The van der Waals surface area contributed by atoms with Crippen LogP contribution in [0.15, 0.2) is 69.8 Å². The maximum atomic E-state index is 6.90. The molecule has 0 N–H and O–H groups in total. The Labute approximate surface area is 200 Å². The summed E-state index contributed by atoms with van der Waals surface area (Å²) in [6.07, 6.45) is 0. The molecule has 2 aromatic carbocycles. The van der Waals surface area contributed by atoms with Gasteiger partial charge in [-0.15, -0.1) is 0 Å². The van der Waals surface area contributed by atoms with E-state index in [2.05, 4.69) is 92.4 Å². The van der Waals surface area contributed by atoms with Gasteiger partial charge in [-0.1, -0.05) is 26.8 Å². The van der Waals surface area contributed by atoms with Gasteiger partial charge in [0.15, 0.2) is 5.50 Å². The maximum absolute atomic E-state index is 6.90. The van der Waals surface area contributed by atoms with E-state index in [0.29, 0.717) is 0 Å². The molecule has 1 heterocycles. The van der Waals surface area contributed by atoms with E-state index in [1.54, 1.807) is 0 Å². The number of furan rings is 1. The minimum absolute atomic E-state index is 0.272. The monoisotopic (exact) mass is 550 g/mol. The molecule has 1 atom stereocenters. The van der Waals surface area contributed by atoms with E-state index in [9.17, 15) is 0 Å². The molecule has 3 rings (SSSR count). The molecule has 0 bridgehead atoms. The molecule has 6 heteroatoms. The van der Waals surface area contributed by atoms with Crippen LogP contribution in [0.4, 0.5) is 11.4 Å². The second-order valence-electron chi connectivity index (χ2n) is 8.47. The quantitative estimate of drug-likeness (QED) is 0.221. The third-order valence-electron chi connectivity index (χ3n) is 5.20. The number of nitrogens with zero attached hydrogens (tertiary/aromatic N) is 2. The summed E-state index contributed by atoms with van der Waals surface area (Å²) in [6.45, 7) is 14.7. The van der Waals surface area contributed by atoms with Crippen molar-refractivity contribution in [1.82, 2.24) is 0 Å². The fourth-order valence-electron chi connectivity index (χ4n) is 3.47. The first-order chi connectivity index (χ1) is 14.7. The largest absolute Gasteiger partial charge is 0.457 e. The second-order valence-corrected chi connectivity index (χ2v) is 13.0. The molecule has 0 amide bonds. The van der Waals surface area contributed by atoms with Crippen molar-refractivity contribution in [1.29, 1.82) is 0 Å². The minimum Gasteiger partial charge on any atom is -0.457 e. The summed E-state index contributed by atoms with van der Waals surface area (Å²) in [5.74, 6) is 1.68. The van der Waals surface area contributed by atoms with Crippen molar-refractivity contribution >= 4 is 46.7 Å². The zero-order valence-electron chi connectivity index (χ0n) is 19.2. The molecule has 4 nitrogen and oxygen atoms in total. The summed E-state index contributed by atoms with van der Waals surface area (Å²) < 4.78 is 19.5. The molecule has 3 aromatic rings. The van der Waals surface area contributed by atoms with Gasteiger partial charge in [-0.25, -0.2) is 4.74 Å². The summed E-state index contributed by atoms with van der Waals surface area (Å²) in [6, 6.07) is 20.6. The molecule has 0 saturated heterocycles. The number of hydrogen-bond donors (Lipinski definition) is 0. The first-order valence-electron chi connectivity index (χ1n) is 10.7. The van der Waals surface area contributed by atoms with Gasteiger partial charge in [-0.05, 0) is 91.9 Å². The Hall–Kier alpha value is -1.72. The van der Waals surface area contributed by atoms with Crippen LogP contribution in [0.1, 0.15) is 40.4 Å². The molecule has 0 radical (unpaired) electrons. The van der Waals surface area contributed by atoms with Crippen LogP contribution >= 0.6 is 29.9 Å². The van der Waals surface area contributed by atoms with E-state index in [-0.39, 0.29) is 5.16 Å². The van der Waals surface area contributed by atoms with Gasteiger partial charge in [-0.3, -0.25) is 0 Å². The average molecular weight is 550 g/mol. The number of anilines is 1. The minimum atomic E-state index is -2.60. The lowest BCUT2D eigenvalue weighted by atomic mass is 10.2. The van der Waals surface area contributed by atoms with Gasteiger partial charge < -0.3 is 13.8 Å². The van der Waals surface area contributed by atoms with Gasteiger partial charge in [0.05, 0.1) is 5.69 Å². The molecule has 0 unspecified atom stereocenters. The van der Waals surface area contributed by atoms with Crippen molar-refractivity contribution in [2.75, 3.05) is 18.0 Å². The molecule has 0 spiro atoms. The van der Waals surface area contributed by atoms with Crippen LogP contribution in [0, 0.1) is 10.5 Å². The average Bonchev–Trinajstić information content (AvgIpc) is 3.16. The van der Waals surface area contributed by atoms with E-state index >= 15 is 0 Å². The number of aryl methyl sites for hydroxylation is 1. The zero-order valence-corrected chi connectivity index (χ0v) is 22.3. The molecule has 0 aliphatic rings. The molecule has 0 fully saturated rings. The molecule has 31 heavy (non-hydrogen) atoms. The van der Waals surface area contributed by atoms with Crippen LogP contribution in [-0.2, 0) is 0 Å². The lowest BCUT2D eigenvalue weighted by Gasteiger charge is -2.35. The topological polar surface area (TPSA) is 38.0 Å². The Morgan fingerprint density at radius 2 is 1.68 bits per heavy atom. The third kappa shape index (κ3) is 5.38. The van der Waals surface area contributed by atoms with Gasteiger partial charge in [0, 0.05) is 33.6 Å². The highest BCUT2D eigenvalue weighted by molar-refractivity contribution is 14.1. The van der Waals surface area contributed by atoms with E-state index in [4.69, 9.17) is 13.7 Å². The summed E-state index contributed by atoms with van der Waals surface area (Å²) in [5, 5.41) is -0.272. The fourth-order valence-corrected chi connectivity index (χ4v) is 6.71. The molecule has 1 aromatic heterocycles. The van der Waals surface area contributed by atoms with Crippen molar-refractivity contribution in [2.24, 2.45) is 4.74 Å². The maximum Gasteiger partial charge on any atom is 0.207 e. The van der Waals surface area contributed by atoms with Crippen LogP contribution in [0.2, 0.25) is 0 Å². The van der Waals surface area contributed by atoms with Crippen molar-refractivity contribution in [3.05, 3.63) is 70.0 Å². The number of benzene rings is 2. The normalized spacial score (nSPS) is 13.5. The second kappa shape index (κ2) is 9.83. The van der Waals surface area contributed by atoms with Crippen molar-refractivity contribution in [3.8, 4) is 5.75 Å². The first-order valence-corrected chi connectivity index (χ1v) is 13.4. The predicted molar refractivity (Wildman–Crippen MR) is 142 cm³/mol. The van der Waals surface area contributed by atoms with E-state index in [0.717, 1.165) is 41.5 Å². The van der Waals surface area contributed by atoms with Crippen LogP contribution in [0.5, 0.6) is 5.75 Å². The summed E-state index contributed by atoms with van der Waals surface area (Å²) in [4.78, 5) is 2.32. The Bertz CT molecular complexity index is 1060. The van der Waals surface area contributed by atoms with Crippen molar-refractivity contribution in [2.45, 2.75) is 46.7 Å². The summed E-state index contributed by atoms with van der Waals surface area (Å²) in [5.41, 5.74) is 2.86. The standard InChI is InChI=1S/C25H32IN2O2P/c1-7-28(8-2)22-10-9-11-23(18-22)30-31(25(4,5)6,24-17-12-19(3)29-24)27-21-15-13-20(26)14-16-21/h9-18H,7-8H2,1-6H3/t31-/m0/s1. The molecule has 0 aliphatic carbocycles. The Morgan fingerprint density at radius 3 is 2.23 bits per heavy atom. The lowest BCUT2D eigenvalue weighted by Crippen LogP contribution is -2.26. The summed E-state index contributed by atoms with van der Waals surface area (Å²) in [7, 11) is -2.60. The fraction of sp³-hybridized carbons (Fsp3) is 0.360. The SMILES string of the molecule is CCN(CC)c1cccc(O[P@@](=Nc2ccc(I)cc2)(c2ccc(C)o2)C(C)(C)C)c1. The Morgan fingerprint density at radius 1 is 1.00 bits per heavy atom. The van der Waals surface area contributed by atoms with E-state index < -0.39 is 7.28 Å². The van der Waals surface area contributed by atoms with Gasteiger partial charge in [0.25, 0.3) is 0 Å². The lowest BCUT2D eigenvalue weighted by molar-refractivity contribution is 0.527. The number of rotatable bonds is 7. The number of halogens is 1. The molecular formula is C25H32IN2O2P. The highest BCUT2D eigenvalue weighted by Gasteiger charge is 2.41. The predicted octanol–water partition coefficient (Wildman–Crippen LogP) is 7.99. The van der Waals surface area contributed by atoms with Crippen molar-refractivity contribution < 1.29 is 8.94 Å². The highest BCUT2D eigenvalue weighted by Crippen LogP contribution is 2.62. The van der Waals surface area contributed by atoms with Gasteiger partial charge in [0.2, 0.25) is 7.28 Å². The van der Waals surface area contributed by atoms with Crippen LogP contribution in [0.25, 0.3) is 0 Å². The van der Waals surface area contributed by atoms with E-state index in [1.165, 1.54) is 3.57 Å². The Kier molecular flexibility index (Phi) is 7.59. The van der Waals surface area contributed by atoms with E-state index in [1.807, 2.05) is 37.3 Å². The molecule has 166 valence electrons. The first kappa shape index (κ1) is 23.9. The third-order valence-corrected chi connectivity index (χ3v) is 9.56. The van der Waals surface area contributed by atoms with Crippen LogP contribution < -0.4 is 14.9 Å². The Balaban J connectivity index is 2.21. The van der Waals surface area contributed by atoms with Crippen LogP contribution in [0.3, 0.4) is 0 Å². The van der Waals surface area contributed by atoms with Gasteiger partial charge >= 0.3 is 0 Å².